The van der Waals surface area contributed by atoms with Crippen molar-refractivity contribution in [1.29, 1.82) is 0 Å². The summed E-state index contributed by atoms with van der Waals surface area (Å²) < 4.78 is 5.14. The van der Waals surface area contributed by atoms with Crippen LogP contribution in [0.4, 0.5) is 16.5 Å². The number of amides is 2. The first-order valence-corrected chi connectivity index (χ1v) is 12.9. The van der Waals surface area contributed by atoms with E-state index in [0.717, 1.165) is 10.7 Å². The second-order valence-corrected chi connectivity index (χ2v) is 9.24. The van der Waals surface area contributed by atoms with Gasteiger partial charge in [-0.2, -0.15) is 5.10 Å². The molecule has 4 aromatic rings. The SMILES string of the molecule is CCc1nnc(NC(=O)C(CC(=O)c2ccc(OC)cc2)=NNC(=O)c2ccccc2Nc2ccccc2)s1. The van der Waals surface area contributed by atoms with Gasteiger partial charge in [0, 0.05) is 11.3 Å². The highest BCUT2D eigenvalue weighted by Crippen LogP contribution is 2.21. The fraction of sp³-hybridized carbons (Fsp3) is 0.143. The van der Waals surface area contributed by atoms with Crippen LogP contribution in [0.1, 0.15) is 39.1 Å². The van der Waals surface area contributed by atoms with Crippen LogP contribution in [0.5, 0.6) is 5.75 Å². The van der Waals surface area contributed by atoms with Crippen molar-refractivity contribution in [3.63, 3.8) is 0 Å². The van der Waals surface area contributed by atoms with Crippen molar-refractivity contribution in [3.8, 4) is 5.75 Å². The van der Waals surface area contributed by atoms with E-state index in [1.54, 1.807) is 48.5 Å². The van der Waals surface area contributed by atoms with Gasteiger partial charge in [0.15, 0.2) is 5.78 Å². The average molecular weight is 543 g/mol. The summed E-state index contributed by atoms with van der Waals surface area (Å²) in [6.45, 7) is 1.92. The molecule has 1 aromatic heterocycles. The maximum atomic E-state index is 13.1. The van der Waals surface area contributed by atoms with Crippen molar-refractivity contribution in [2.75, 3.05) is 17.7 Å². The first kappa shape index (κ1) is 27.1. The summed E-state index contributed by atoms with van der Waals surface area (Å²) >= 11 is 1.22. The topological polar surface area (TPSA) is 135 Å². The van der Waals surface area contributed by atoms with E-state index >= 15 is 0 Å². The first-order valence-electron chi connectivity index (χ1n) is 12.1. The Hall–Kier alpha value is -4.90. The molecule has 0 radical (unpaired) electrons. The number of carbonyl (C=O) groups is 3. The second-order valence-electron chi connectivity index (χ2n) is 8.17. The van der Waals surface area contributed by atoms with Gasteiger partial charge in [-0.25, -0.2) is 5.43 Å². The lowest BCUT2D eigenvalue weighted by Gasteiger charge is -2.11. The van der Waals surface area contributed by atoms with Crippen molar-refractivity contribution < 1.29 is 19.1 Å². The number of aromatic nitrogens is 2. The fourth-order valence-electron chi connectivity index (χ4n) is 3.46. The first-order chi connectivity index (χ1) is 19.0. The molecule has 0 fully saturated rings. The third-order valence-electron chi connectivity index (χ3n) is 5.51. The van der Waals surface area contributed by atoms with Gasteiger partial charge in [-0.05, 0) is 55.0 Å². The summed E-state index contributed by atoms with van der Waals surface area (Å²) in [7, 11) is 1.53. The normalized spacial score (nSPS) is 11.0. The van der Waals surface area contributed by atoms with Crippen LogP contribution in [0.2, 0.25) is 0 Å². The molecule has 0 atom stereocenters. The molecule has 0 aliphatic rings. The standard InChI is InChI=1S/C28H26N6O4S/c1-3-25-32-34-28(39-25)30-27(37)23(17-24(35)18-13-15-20(38-2)16-14-18)31-33-26(36)21-11-7-8-12-22(21)29-19-9-5-4-6-10-19/h4-16,29H,3,17H2,1-2H3,(H,33,36)(H,30,34,37). The number of nitrogens with zero attached hydrogens (tertiary/aromatic N) is 3. The summed E-state index contributed by atoms with van der Waals surface area (Å²) in [6, 6.07) is 22.8. The molecule has 11 heteroatoms. The van der Waals surface area contributed by atoms with Gasteiger partial charge in [0.25, 0.3) is 11.8 Å². The predicted octanol–water partition coefficient (Wildman–Crippen LogP) is 4.85. The summed E-state index contributed by atoms with van der Waals surface area (Å²) in [5, 5.41) is 18.8. The Bertz CT molecular complexity index is 1490. The Labute approximate surface area is 229 Å². The molecular formula is C28H26N6O4S. The van der Waals surface area contributed by atoms with Crippen molar-refractivity contribution in [2.24, 2.45) is 5.10 Å². The summed E-state index contributed by atoms with van der Waals surface area (Å²) in [5.41, 5.74) is 4.27. The molecule has 3 N–H and O–H groups in total. The molecule has 4 rings (SSSR count). The lowest BCUT2D eigenvalue weighted by molar-refractivity contribution is -0.110. The minimum absolute atomic E-state index is 0.189. The Morgan fingerprint density at radius 1 is 0.923 bits per heavy atom. The van der Waals surface area contributed by atoms with Crippen molar-refractivity contribution in [2.45, 2.75) is 19.8 Å². The number of ketones is 1. The highest BCUT2D eigenvalue weighted by atomic mass is 32.1. The maximum Gasteiger partial charge on any atom is 0.274 e. The van der Waals surface area contributed by atoms with Crippen LogP contribution in [0, 0.1) is 0 Å². The Balaban J connectivity index is 1.55. The third-order valence-corrected chi connectivity index (χ3v) is 6.49. The van der Waals surface area contributed by atoms with E-state index in [9.17, 15) is 14.4 Å². The Morgan fingerprint density at radius 3 is 2.33 bits per heavy atom. The van der Waals surface area contributed by atoms with Crippen LogP contribution < -0.4 is 20.8 Å². The van der Waals surface area contributed by atoms with Crippen molar-refractivity contribution in [1.82, 2.24) is 15.6 Å². The van der Waals surface area contributed by atoms with Gasteiger partial charge in [-0.15, -0.1) is 10.2 Å². The number of ether oxygens (including phenoxy) is 1. The number of anilines is 3. The maximum absolute atomic E-state index is 13.1. The smallest absolute Gasteiger partial charge is 0.274 e. The number of hydrazone groups is 1. The molecule has 10 nitrogen and oxygen atoms in total. The molecule has 1 heterocycles. The summed E-state index contributed by atoms with van der Waals surface area (Å²) in [6.07, 6.45) is 0.304. The van der Waals surface area contributed by atoms with E-state index in [0.29, 0.717) is 29.0 Å². The highest BCUT2D eigenvalue weighted by molar-refractivity contribution is 7.15. The van der Waals surface area contributed by atoms with Crippen LogP contribution in [-0.4, -0.2) is 40.6 Å². The number of nitrogens with one attached hydrogen (secondary N) is 3. The number of aryl methyl sites for hydroxylation is 1. The van der Waals surface area contributed by atoms with Crippen LogP contribution in [0.3, 0.4) is 0 Å². The quantitative estimate of drug-likeness (QED) is 0.140. The van der Waals surface area contributed by atoms with Gasteiger partial charge in [-0.1, -0.05) is 48.6 Å². The number of rotatable bonds is 11. The molecule has 0 bridgehead atoms. The van der Waals surface area contributed by atoms with Gasteiger partial charge >= 0.3 is 0 Å². The number of hydrogen-bond donors (Lipinski definition) is 3. The van der Waals surface area contributed by atoms with E-state index in [4.69, 9.17) is 4.74 Å². The second kappa shape index (κ2) is 13.1. The number of methoxy groups -OCH3 is 1. The third kappa shape index (κ3) is 7.33. The van der Waals surface area contributed by atoms with Crippen LogP contribution in [-0.2, 0) is 11.2 Å². The largest absolute Gasteiger partial charge is 0.497 e. The molecule has 0 spiro atoms. The molecule has 0 aliphatic carbocycles. The van der Waals surface area contributed by atoms with Crippen molar-refractivity contribution >= 4 is 51.2 Å². The van der Waals surface area contributed by atoms with Crippen LogP contribution >= 0.6 is 11.3 Å². The summed E-state index contributed by atoms with van der Waals surface area (Å²) in [5.74, 6) is -0.998. The molecular weight excluding hydrogens is 516 g/mol. The van der Waals surface area contributed by atoms with Crippen LogP contribution in [0.15, 0.2) is 84.0 Å². The van der Waals surface area contributed by atoms with Crippen molar-refractivity contribution in [3.05, 3.63) is 95.0 Å². The van der Waals surface area contributed by atoms with Gasteiger partial charge in [-0.3, -0.25) is 19.7 Å². The van der Waals surface area contributed by atoms with E-state index in [1.165, 1.54) is 18.4 Å². The molecule has 3 aromatic carbocycles. The van der Waals surface area contributed by atoms with E-state index in [2.05, 4.69) is 31.4 Å². The number of para-hydroxylation sites is 2. The monoisotopic (exact) mass is 542 g/mol. The lowest BCUT2D eigenvalue weighted by atomic mass is 10.1. The highest BCUT2D eigenvalue weighted by Gasteiger charge is 2.20. The summed E-state index contributed by atoms with van der Waals surface area (Å²) in [4.78, 5) is 39.2. The molecule has 0 saturated heterocycles. The molecule has 0 unspecified atom stereocenters. The number of carbonyl (C=O) groups excluding carboxylic acids is 3. The zero-order valence-electron chi connectivity index (χ0n) is 21.3. The number of benzene rings is 3. The molecule has 2 amide bonds. The number of hydrogen-bond acceptors (Lipinski definition) is 9. The van der Waals surface area contributed by atoms with Crippen LogP contribution in [0.25, 0.3) is 0 Å². The zero-order valence-corrected chi connectivity index (χ0v) is 22.1. The average Bonchev–Trinajstić information content (AvgIpc) is 3.43. The minimum atomic E-state index is -0.674. The van der Waals surface area contributed by atoms with E-state index in [1.807, 2.05) is 37.3 Å². The van der Waals surface area contributed by atoms with Gasteiger partial charge in [0.05, 0.1) is 24.8 Å². The van der Waals surface area contributed by atoms with E-state index < -0.39 is 11.8 Å². The minimum Gasteiger partial charge on any atom is -0.497 e. The molecule has 198 valence electrons. The zero-order chi connectivity index (χ0) is 27.6. The molecule has 0 saturated carbocycles. The van der Waals surface area contributed by atoms with Gasteiger partial charge in [0.2, 0.25) is 5.13 Å². The van der Waals surface area contributed by atoms with E-state index in [-0.39, 0.29) is 23.0 Å². The Kier molecular flexibility index (Phi) is 9.09. The number of Topliss-reactive ketones (excluding diaryl/α,β-unsaturated/α-hetero) is 1. The predicted molar refractivity (Wildman–Crippen MR) is 151 cm³/mol. The fourth-order valence-corrected chi connectivity index (χ4v) is 4.14. The lowest BCUT2D eigenvalue weighted by Crippen LogP contribution is -2.29. The molecule has 0 aliphatic heterocycles. The molecule has 39 heavy (non-hydrogen) atoms. The van der Waals surface area contributed by atoms with Gasteiger partial charge < -0.3 is 10.1 Å². The van der Waals surface area contributed by atoms with Gasteiger partial charge in [0.1, 0.15) is 16.5 Å². The Morgan fingerprint density at radius 2 is 1.64 bits per heavy atom.